The van der Waals surface area contributed by atoms with Gasteiger partial charge in [0.05, 0.1) is 0 Å². The zero-order valence-electron chi connectivity index (χ0n) is 5.94. The van der Waals surface area contributed by atoms with Crippen LogP contribution in [0.5, 0.6) is 0 Å². The van der Waals surface area contributed by atoms with Gasteiger partial charge < -0.3 is 4.42 Å². The van der Waals surface area contributed by atoms with E-state index in [1.807, 2.05) is 0 Å². The molecule has 11 heavy (non-hydrogen) atoms. The van der Waals surface area contributed by atoms with E-state index in [0.29, 0.717) is 11.2 Å². The molecular weight excluding hydrogens is 144 g/mol. The van der Waals surface area contributed by atoms with Gasteiger partial charge in [-0.3, -0.25) is 9.36 Å². The van der Waals surface area contributed by atoms with Gasteiger partial charge in [0, 0.05) is 13.1 Å². The molecule has 2 heterocycles. The lowest BCUT2D eigenvalue weighted by Crippen LogP contribution is -2.14. The van der Waals surface area contributed by atoms with Gasteiger partial charge >= 0.3 is 0 Å². The molecule has 0 aliphatic carbocycles. The standard InChI is InChI=1S/C7H6N2O2/c1-9-6(10)3-2-5-7(9)11-4-8-5/h2-4H,1H3. The Labute approximate surface area is 62.1 Å². The van der Waals surface area contributed by atoms with E-state index in [9.17, 15) is 4.79 Å². The third kappa shape index (κ3) is 0.756. The summed E-state index contributed by atoms with van der Waals surface area (Å²) in [6.45, 7) is 0. The average molecular weight is 150 g/mol. The Hall–Kier alpha value is -1.58. The van der Waals surface area contributed by atoms with Gasteiger partial charge in [-0.2, -0.15) is 0 Å². The number of oxazole rings is 1. The fourth-order valence-electron chi connectivity index (χ4n) is 0.976. The van der Waals surface area contributed by atoms with Crippen LogP contribution in [0.2, 0.25) is 0 Å². The first kappa shape index (κ1) is 6.15. The predicted molar refractivity (Wildman–Crippen MR) is 39.3 cm³/mol. The van der Waals surface area contributed by atoms with Gasteiger partial charge in [0.25, 0.3) is 5.56 Å². The lowest BCUT2D eigenvalue weighted by molar-refractivity contribution is 0.568. The molecule has 0 radical (unpaired) electrons. The first-order chi connectivity index (χ1) is 5.29. The van der Waals surface area contributed by atoms with Gasteiger partial charge in [-0.15, -0.1) is 0 Å². The summed E-state index contributed by atoms with van der Waals surface area (Å²) in [5, 5.41) is 0. The Balaban J connectivity index is 3.04. The largest absolute Gasteiger partial charge is 0.427 e. The lowest BCUT2D eigenvalue weighted by atomic mass is 10.4. The summed E-state index contributed by atoms with van der Waals surface area (Å²) in [6.07, 6.45) is 1.32. The van der Waals surface area contributed by atoms with E-state index in [1.165, 1.54) is 17.0 Å². The van der Waals surface area contributed by atoms with E-state index in [1.54, 1.807) is 13.1 Å². The van der Waals surface area contributed by atoms with E-state index in [2.05, 4.69) is 4.98 Å². The minimum atomic E-state index is -0.0887. The van der Waals surface area contributed by atoms with Crippen LogP contribution in [-0.2, 0) is 7.05 Å². The summed E-state index contributed by atoms with van der Waals surface area (Å²) >= 11 is 0. The van der Waals surface area contributed by atoms with Crippen molar-refractivity contribution in [1.82, 2.24) is 9.55 Å². The van der Waals surface area contributed by atoms with Gasteiger partial charge in [-0.1, -0.05) is 0 Å². The summed E-state index contributed by atoms with van der Waals surface area (Å²) in [6, 6.07) is 3.10. The highest BCUT2D eigenvalue weighted by Crippen LogP contribution is 2.06. The highest BCUT2D eigenvalue weighted by Gasteiger charge is 2.01. The molecule has 0 aliphatic heterocycles. The molecule has 0 saturated carbocycles. The minimum Gasteiger partial charge on any atom is -0.427 e. The van der Waals surface area contributed by atoms with Crippen LogP contribution in [0.4, 0.5) is 0 Å². The molecule has 4 heteroatoms. The van der Waals surface area contributed by atoms with Crippen molar-refractivity contribution in [2.45, 2.75) is 0 Å². The molecule has 2 aromatic heterocycles. The molecule has 0 N–H and O–H groups in total. The second kappa shape index (κ2) is 1.95. The summed E-state index contributed by atoms with van der Waals surface area (Å²) in [4.78, 5) is 14.9. The zero-order chi connectivity index (χ0) is 7.84. The number of fused-ring (bicyclic) bond motifs is 1. The van der Waals surface area contributed by atoms with Crippen molar-refractivity contribution in [1.29, 1.82) is 0 Å². The molecule has 2 rings (SSSR count). The molecule has 0 atom stereocenters. The van der Waals surface area contributed by atoms with Crippen molar-refractivity contribution in [3.05, 3.63) is 28.9 Å². The monoisotopic (exact) mass is 150 g/mol. The van der Waals surface area contributed by atoms with Crippen LogP contribution in [-0.4, -0.2) is 9.55 Å². The van der Waals surface area contributed by atoms with E-state index < -0.39 is 0 Å². The van der Waals surface area contributed by atoms with Crippen LogP contribution in [0.15, 0.2) is 27.7 Å². The first-order valence-corrected chi connectivity index (χ1v) is 3.18. The maximum Gasteiger partial charge on any atom is 0.253 e. The van der Waals surface area contributed by atoms with E-state index in [4.69, 9.17) is 4.42 Å². The summed E-state index contributed by atoms with van der Waals surface area (Å²) in [5.74, 6) is 0. The van der Waals surface area contributed by atoms with Crippen LogP contribution in [0.1, 0.15) is 0 Å². The van der Waals surface area contributed by atoms with Crippen molar-refractivity contribution in [2.24, 2.45) is 7.05 Å². The fraction of sp³-hybridized carbons (Fsp3) is 0.143. The van der Waals surface area contributed by atoms with Gasteiger partial charge in [0.1, 0.15) is 5.52 Å². The molecule has 0 amide bonds. The van der Waals surface area contributed by atoms with Crippen LogP contribution in [0.3, 0.4) is 0 Å². The van der Waals surface area contributed by atoms with E-state index >= 15 is 0 Å². The Bertz CT molecular complexity index is 441. The fourth-order valence-corrected chi connectivity index (χ4v) is 0.976. The number of hydrogen-bond donors (Lipinski definition) is 0. The minimum absolute atomic E-state index is 0.0887. The molecule has 0 bridgehead atoms. The Morgan fingerprint density at radius 3 is 3.18 bits per heavy atom. The highest BCUT2D eigenvalue weighted by molar-refractivity contribution is 5.67. The molecule has 56 valence electrons. The molecular formula is C7H6N2O2. The Kier molecular flexibility index (Phi) is 1.09. The van der Waals surface area contributed by atoms with Gasteiger partial charge in [0.15, 0.2) is 6.39 Å². The molecule has 0 fully saturated rings. The number of nitrogens with zero attached hydrogens (tertiary/aromatic N) is 2. The van der Waals surface area contributed by atoms with E-state index in [0.717, 1.165) is 0 Å². The highest BCUT2D eigenvalue weighted by atomic mass is 16.3. The van der Waals surface area contributed by atoms with Crippen LogP contribution in [0, 0.1) is 0 Å². The second-order valence-corrected chi connectivity index (χ2v) is 2.27. The van der Waals surface area contributed by atoms with Crippen LogP contribution >= 0.6 is 0 Å². The smallest absolute Gasteiger partial charge is 0.253 e. The van der Waals surface area contributed by atoms with Gasteiger partial charge in [-0.05, 0) is 6.07 Å². The lowest BCUT2D eigenvalue weighted by Gasteiger charge is -1.93. The Morgan fingerprint density at radius 2 is 2.36 bits per heavy atom. The number of aryl methyl sites for hydroxylation is 1. The second-order valence-electron chi connectivity index (χ2n) is 2.27. The maximum absolute atomic E-state index is 11.0. The number of pyridine rings is 1. The number of rotatable bonds is 0. The predicted octanol–water partition coefficient (Wildman–Crippen LogP) is 0.526. The van der Waals surface area contributed by atoms with Gasteiger partial charge in [-0.25, -0.2) is 4.98 Å². The Morgan fingerprint density at radius 1 is 1.55 bits per heavy atom. The molecule has 0 aromatic carbocycles. The topological polar surface area (TPSA) is 48.0 Å². The molecule has 0 spiro atoms. The SMILES string of the molecule is Cn1c(=O)ccc2ncoc21. The van der Waals surface area contributed by atoms with Crippen LogP contribution < -0.4 is 5.56 Å². The van der Waals surface area contributed by atoms with Crippen molar-refractivity contribution in [3.63, 3.8) is 0 Å². The molecule has 0 saturated heterocycles. The summed E-state index contributed by atoms with van der Waals surface area (Å²) in [5.41, 5.74) is 1.12. The van der Waals surface area contributed by atoms with E-state index in [-0.39, 0.29) is 5.56 Å². The van der Waals surface area contributed by atoms with Crippen molar-refractivity contribution < 1.29 is 4.42 Å². The molecule has 4 nitrogen and oxygen atoms in total. The third-order valence-corrected chi connectivity index (χ3v) is 1.59. The van der Waals surface area contributed by atoms with Crippen molar-refractivity contribution in [2.75, 3.05) is 0 Å². The summed E-state index contributed by atoms with van der Waals surface area (Å²) < 4.78 is 6.40. The molecule has 0 unspecified atom stereocenters. The maximum atomic E-state index is 11.0. The third-order valence-electron chi connectivity index (χ3n) is 1.59. The van der Waals surface area contributed by atoms with Crippen molar-refractivity contribution >= 4 is 11.2 Å². The quantitative estimate of drug-likeness (QED) is 0.550. The molecule has 2 aromatic rings. The molecule has 0 aliphatic rings. The number of hydrogen-bond acceptors (Lipinski definition) is 3. The first-order valence-electron chi connectivity index (χ1n) is 3.18. The summed E-state index contributed by atoms with van der Waals surface area (Å²) in [7, 11) is 1.65. The number of aromatic nitrogens is 2. The zero-order valence-corrected chi connectivity index (χ0v) is 5.94. The normalized spacial score (nSPS) is 10.6. The van der Waals surface area contributed by atoms with Gasteiger partial charge in [0.2, 0.25) is 5.71 Å². The average Bonchev–Trinajstić information content (AvgIpc) is 2.45. The van der Waals surface area contributed by atoms with Crippen LogP contribution in [0.25, 0.3) is 11.2 Å². The van der Waals surface area contributed by atoms with Crippen molar-refractivity contribution in [3.8, 4) is 0 Å².